The fourth-order valence-electron chi connectivity index (χ4n) is 2.69. The van der Waals surface area contributed by atoms with E-state index in [1.807, 2.05) is 42.5 Å². The Hall–Kier alpha value is -3.87. The lowest BCUT2D eigenvalue weighted by atomic mass is 10.0. The lowest BCUT2D eigenvalue weighted by Gasteiger charge is -2.07. The Bertz CT molecular complexity index is 1030. The van der Waals surface area contributed by atoms with Gasteiger partial charge in [0.05, 0.1) is 6.42 Å². The van der Waals surface area contributed by atoms with E-state index in [0.29, 0.717) is 11.6 Å². The van der Waals surface area contributed by atoms with Crippen molar-refractivity contribution >= 4 is 11.7 Å². The summed E-state index contributed by atoms with van der Waals surface area (Å²) in [6, 6.07) is 19.7. The number of aromatic nitrogens is 5. The number of rotatable bonds is 5. The van der Waals surface area contributed by atoms with Gasteiger partial charge in [0.1, 0.15) is 24.8 Å². The molecule has 0 fully saturated rings. The highest BCUT2D eigenvalue weighted by molar-refractivity contribution is 5.91. The number of carbonyl (C=O) groups is 1. The normalized spacial score (nSPS) is 10.5. The number of anilines is 1. The van der Waals surface area contributed by atoms with Gasteiger partial charge in [0, 0.05) is 6.07 Å². The molecule has 0 unspecified atom stereocenters. The fraction of sp³-hybridized carbons (Fsp3) is 0.0500. The van der Waals surface area contributed by atoms with Crippen LogP contribution in [0.4, 0.5) is 5.82 Å². The number of hydrogen-bond acceptors (Lipinski definition) is 5. The molecule has 0 bridgehead atoms. The van der Waals surface area contributed by atoms with Crippen LogP contribution >= 0.6 is 0 Å². The number of benzene rings is 2. The van der Waals surface area contributed by atoms with Gasteiger partial charge in [0.2, 0.25) is 5.91 Å². The smallest absolute Gasteiger partial charge is 0.229 e. The summed E-state index contributed by atoms with van der Waals surface area (Å²) in [5.41, 5.74) is 3.20. The molecule has 132 valence electrons. The van der Waals surface area contributed by atoms with Gasteiger partial charge in [-0.05, 0) is 16.7 Å². The first kappa shape index (κ1) is 16.6. The molecular weight excluding hydrogens is 340 g/mol. The average Bonchev–Trinajstić information content (AvgIpc) is 3.24. The molecule has 0 spiro atoms. The maximum atomic E-state index is 12.3. The van der Waals surface area contributed by atoms with Gasteiger partial charge >= 0.3 is 0 Å². The number of carbonyl (C=O) groups excluding carboxylic acids is 1. The molecule has 0 aliphatic heterocycles. The highest BCUT2D eigenvalue weighted by atomic mass is 16.1. The van der Waals surface area contributed by atoms with Crippen LogP contribution < -0.4 is 5.32 Å². The topological polar surface area (TPSA) is 85.6 Å². The fourth-order valence-corrected chi connectivity index (χ4v) is 2.69. The number of nitrogens with one attached hydrogen (secondary N) is 1. The Morgan fingerprint density at radius 1 is 0.926 bits per heavy atom. The van der Waals surface area contributed by atoms with Gasteiger partial charge in [-0.25, -0.2) is 19.6 Å². The van der Waals surface area contributed by atoms with Gasteiger partial charge in [-0.3, -0.25) is 4.79 Å². The molecule has 0 saturated heterocycles. The quantitative estimate of drug-likeness (QED) is 0.594. The van der Waals surface area contributed by atoms with Crippen molar-refractivity contribution in [2.75, 3.05) is 5.32 Å². The summed E-state index contributed by atoms with van der Waals surface area (Å²) >= 11 is 0. The van der Waals surface area contributed by atoms with Crippen molar-refractivity contribution in [3.8, 4) is 16.9 Å². The SMILES string of the molecule is O=C(Cc1ccc(-c2ccccc2)cc1)Nc1cc(-n2cncn2)ncn1. The van der Waals surface area contributed by atoms with Crippen molar-refractivity contribution in [1.82, 2.24) is 24.7 Å². The van der Waals surface area contributed by atoms with E-state index < -0.39 is 0 Å². The van der Waals surface area contributed by atoms with Crippen LogP contribution in [0.1, 0.15) is 5.56 Å². The molecule has 1 amide bonds. The molecule has 27 heavy (non-hydrogen) atoms. The molecule has 0 saturated carbocycles. The summed E-state index contributed by atoms with van der Waals surface area (Å²) in [5.74, 6) is 0.803. The largest absolute Gasteiger partial charge is 0.310 e. The van der Waals surface area contributed by atoms with Crippen molar-refractivity contribution in [3.63, 3.8) is 0 Å². The van der Waals surface area contributed by atoms with Crippen molar-refractivity contribution in [1.29, 1.82) is 0 Å². The van der Waals surface area contributed by atoms with E-state index in [-0.39, 0.29) is 12.3 Å². The van der Waals surface area contributed by atoms with Crippen LogP contribution in [-0.2, 0) is 11.2 Å². The second kappa shape index (κ2) is 7.57. The van der Waals surface area contributed by atoms with Gasteiger partial charge in [0.25, 0.3) is 0 Å². The van der Waals surface area contributed by atoms with Crippen molar-refractivity contribution in [3.05, 3.63) is 85.2 Å². The lowest BCUT2D eigenvalue weighted by Crippen LogP contribution is -2.16. The van der Waals surface area contributed by atoms with Crippen LogP contribution in [0.25, 0.3) is 16.9 Å². The van der Waals surface area contributed by atoms with Gasteiger partial charge in [-0.1, -0.05) is 54.6 Å². The monoisotopic (exact) mass is 356 g/mol. The minimum absolute atomic E-state index is 0.147. The third-order valence-electron chi connectivity index (χ3n) is 4.00. The summed E-state index contributed by atoms with van der Waals surface area (Å²) in [4.78, 5) is 24.4. The Morgan fingerprint density at radius 2 is 1.70 bits per heavy atom. The third-order valence-corrected chi connectivity index (χ3v) is 4.00. The van der Waals surface area contributed by atoms with Gasteiger partial charge in [0.15, 0.2) is 5.82 Å². The minimum atomic E-state index is -0.147. The van der Waals surface area contributed by atoms with Crippen LogP contribution in [0.5, 0.6) is 0 Å². The van der Waals surface area contributed by atoms with E-state index in [2.05, 4.69) is 37.5 Å². The number of nitrogens with zero attached hydrogens (tertiary/aromatic N) is 5. The number of amides is 1. The van der Waals surface area contributed by atoms with Gasteiger partial charge < -0.3 is 5.32 Å². The highest BCUT2D eigenvalue weighted by Crippen LogP contribution is 2.19. The van der Waals surface area contributed by atoms with E-state index in [0.717, 1.165) is 16.7 Å². The Balaban J connectivity index is 1.42. The van der Waals surface area contributed by atoms with Gasteiger partial charge in [-0.15, -0.1) is 0 Å². The maximum absolute atomic E-state index is 12.3. The van der Waals surface area contributed by atoms with Crippen LogP contribution in [0, 0.1) is 0 Å². The molecule has 4 rings (SSSR count). The van der Waals surface area contributed by atoms with Crippen molar-refractivity contribution in [2.24, 2.45) is 0 Å². The third kappa shape index (κ3) is 4.04. The van der Waals surface area contributed by atoms with Gasteiger partial charge in [-0.2, -0.15) is 5.10 Å². The summed E-state index contributed by atoms with van der Waals surface area (Å²) in [6.07, 6.45) is 4.58. The first-order valence-electron chi connectivity index (χ1n) is 8.39. The van der Waals surface area contributed by atoms with Crippen molar-refractivity contribution < 1.29 is 4.79 Å². The standard InChI is InChI=1S/C20H16N6O/c27-20(25-18-11-19(23-13-22-18)26-14-21-12-24-26)10-15-6-8-17(9-7-15)16-4-2-1-3-5-16/h1-9,11-14H,10H2,(H,22,23,25,27). The average molecular weight is 356 g/mol. The Kier molecular flexibility index (Phi) is 4.65. The second-order valence-electron chi connectivity index (χ2n) is 5.89. The number of hydrogen-bond donors (Lipinski definition) is 1. The zero-order valence-corrected chi connectivity index (χ0v) is 14.4. The second-order valence-corrected chi connectivity index (χ2v) is 5.89. The summed E-state index contributed by atoms with van der Waals surface area (Å²) < 4.78 is 1.50. The highest BCUT2D eigenvalue weighted by Gasteiger charge is 2.08. The predicted molar refractivity (Wildman–Crippen MR) is 101 cm³/mol. The molecule has 4 aromatic rings. The predicted octanol–water partition coefficient (Wildman–Crippen LogP) is 2.91. The first-order valence-corrected chi connectivity index (χ1v) is 8.39. The molecule has 0 aliphatic carbocycles. The van der Waals surface area contributed by atoms with Crippen LogP contribution in [0.3, 0.4) is 0 Å². The van der Waals surface area contributed by atoms with E-state index in [9.17, 15) is 4.79 Å². The molecule has 2 heterocycles. The molecule has 2 aromatic heterocycles. The van der Waals surface area contributed by atoms with Crippen molar-refractivity contribution in [2.45, 2.75) is 6.42 Å². The van der Waals surface area contributed by atoms with E-state index in [1.165, 1.54) is 23.7 Å². The summed E-state index contributed by atoms with van der Waals surface area (Å²) in [5, 5.41) is 6.80. The van der Waals surface area contributed by atoms with E-state index >= 15 is 0 Å². The lowest BCUT2D eigenvalue weighted by molar-refractivity contribution is -0.115. The molecular formula is C20H16N6O. The van der Waals surface area contributed by atoms with E-state index in [4.69, 9.17) is 0 Å². The van der Waals surface area contributed by atoms with Crippen LogP contribution in [0.15, 0.2) is 79.6 Å². The molecule has 0 radical (unpaired) electrons. The Morgan fingerprint density at radius 3 is 2.44 bits per heavy atom. The first-order chi connectivity index (χ1) is 13.3. The molecule has 0 aliphatic rings. The molecule has 2 aromatic carbocycles. The van der Waals surface area contributed by atoms with Crippen LogP contribution in [-0.4, -0.2) is 30.6 Å². The van der Waals surface area contributed by atoms with Crippen LogP contribution in [0.2, 0.25) is 0 Å². The molecule has 1 N–H and O–H groups in total. The zero-order chi connectivity index (χ0) is 18.5. The summed E-state index contributed by atoms with van der Waals surface area (Å²) in [6.45, 7) is 0. The molecule has 7 heteroatoms. The van der Waals surface area contributed by atoms with E-state index in [1.54, 1.807) is 6.07 Å². The zero-order valence-electron chi connectivity index (χ0n) is 14.4. The molecule has 7 nitrogen and oxygen atoms in total. The minimum Gasteiger partial charge on any atom is -0.310 e. The molecule has 0 atom stereocenters. The summed E-state index contributed by atoms with van der Waals surface area (Å²) in [7, 11) is 0. The Labute approximate surface area is 155 Å². The maximum Gasteiger partial charge on any atom is 0.229 e.